The Hall–Kier alpha value is -1.72. The quantitative estimate of drug-likeness (QED) is 0.805. The van der Waals surface area contributed by atoms with Crippen molar-refractivity contribution in [2.75, 3.05) is 30.0 Å². The summed E-state index contributed by atoms with van der Waals surface area (Å²) in [5.41, 5.74) is 8.31. The van der Waals surface area contributed by atoms with Gasteiger partial charge in [-0.3, -0.25) is 4.79 Å². The predicted molar refractivity (Wildman–Crippen MR) is 92.3 cm³/mol. The lowest BCUT2D eigenvalue weighted by Gasteiger charge is -2.15. The van der Waals surface area contributed by atoms with Crippen molar-refractivity contribution in [3.8, 4) is 0 Å². The molecule has 0 aliphatic heterocycles. The summed E-state index contributed by atoms with van der Waals surface area (Å²) in [5, 5.41) is 3.38. The van der Waals surface area contributed by atoms with Crippen molar-refractivity contribution in [2.24, 2.45) is 0 Å². The van der Waals surface area contributed by atoms with Crippen molar-refractivity contribution in [1.29, 1.82) is 0 Å². The Bertz CT molecular complexity index is 689. The van der Waals surface area contributed by atoms with E-state index in [9.17, 15) is 4.79 Å². The SMILES string of the molecule is CN(C)c1ccc(NC(=O)c2ccc(Br)c(N)c2)cc1Cl. The zero-order valence-electron chi connectivity index (χ0n) is 11.7. The number of nitrogens with two attached hydrogens (primary N) is 1. The lowest BCUT2D eigenvalue weighted by Crippen LogP contribution is -2.13. The van der Waals surface area contributed by atoms with E-state index in [2.05, 4.69) is 21.2 Å². The van der Waals surface area contributed by atoms with Gasteiger partial charge in [0, 0.05) is 35.5 Å². The number of amides is 1. The minimum absolute atomic E-state index is 0.233. The van der Waals surface area contributed by atoms with Gasteiger partial charge in [0.2, 0.25) is 0 Å². The molecule has 2 aromatic rings. The summed E-state index contributed by atoms with van der Waals surface area (Å²) in [6.07, 6.45) is 0. The maximum absolute atomic E-state index is 12.2. The van der Waals surface area contributed by atoms with Crippen LogP contribution in [0.5, 0.6) is 0 Å². The molecule has 2 aromatic carbocycles. The fraction of sp³-hybridized carbons (Fsp3) is 0.133. The standard InChI is InChI=1S/C15H15BrClN3O/c1-20(2)14-6-4-10(8-12(14)17)19-15(21)9-3-5-11(16)13(18)7-9/h3-8H,18H2,1-2H3,(H,19,21). The van der Waals surface area contributed by atoms with Crippen LogP contribution in [0.3, 0.4) is 0 Å². The third kappa shape index (κ3) is 3.68. The van der Waals surface area contributed by atoms with Crippen LogP contribution in [0.2, 0.25) is 5.02 Å². The van der Waals surface area contributed by atoms with Crippen LogP contribution in [-0.4, -0.2) is 20.0 Å². The Morgan fingerprint density at radius 1 is 1.24 bits per heavy atom. The molecule has 21 heavy (non-hydrogen) atoms. The molecule has 0 aromatic heterocycles. The van der Waals surface area contributed by atoms with Gasteiger partial charge in [-0.15, -0.1) is 0 Å². The van der Waals surface area contributed by atoms with E-state index in [1.165, 1.54) is 0 Å². The van der Waals surface area contributed by atoms with Gasteiger partial charge in [-0.1, -0.05) is 11.6 Å². The highest BCUT2D eigenvalue weighted by atomic mass is 79.9. The Morgan fingerprint density at radius 2 is 1.95 bits per heavy atom. The first kappa shape index (κ1) is 15.7. The van der Waals surface area contributed by atoms with Gasteiger partial charge < -0.3 is 16.0 Å². The Morgan fingerprint density at radius 3 is 2.52 bits per heavy atom. The van der Waals surface area contributed by atoms with Gasteiger partial charge in [0.1, 0.15) is 0 Å². The van der Waals surface area contributed by atoms with Crippen LogP contribution in [0, 0.1) is 0 Å². The fourth-order valence-electron chi connectivity index (χ4n) is 1.84. The van der Waals surface area contributed by atoms with Crippen molar-refractivity contribution in [1.82, 2.24) is 0 Å². The monoisotopic (exact) mass is 367 g/mol. The number of anilines is 3. The highest BCUT2D eigenvalue weighted by Gasteiger charge is 2.10. The van der Waals surface area contributed by atoms with E-state index in [4.69, 9.17) is 17.3 Å². The lowest BCUT2D eigenvalue weighted by molar-refractivity contribution is 0.102. The van der Waals surface area contributed by atoms with Crippen molar-refractivity contribution in [3.63, 3.8) is 0 Å². The molecule has 0 saturated heterocycles. The van der Waals surface area contributed by atoms with Crippen LogP contribution in [0.1, 0.15) is 10.4 Å². The third-order valence-corrected chi connectivity index (χ3v) is 3.97. The maximum Gasteiger partial charge on any atom is 0.255 e. The van der Waals surface area contributed by atoms with Crippen LogP contribution in [0.25, 0.3) is 0 Å². The molecule has 0 heterocycles. The van der Waals surface area contributed by atoms with Gasteiger partial charge in [-0.05, 0) is 52.3 Å². The molecule has 3 N–H and O–H groups in total. The van der Waals surface area contributed by atoms with Gasteiger partial charge in [-0.2, -0.15) is 0 Å². The van der Waals surface area contributed by atoms with Crippen LogP contribution in [-0.2, 0) is 0 Å². The number of hydrogen-bond donors (Lipinski definition) is 2. The molecule has 4 nitrogen and oxygen atoms in total. The topological polar surface area (TPSA) is 58.4 Å². The first-order valence-electron chi connectivity index (χ1n) is 6.21. The molecule has 0 saturated carbocycles. The number of nitrogens with zero attached hydrogens (tertiary/aromatic N) is 1. The highest BCUT2D eigenvalue weighted by molar-refractivity contribution is 9.10. The predicted octanol–water partition coefficient (Wildman–Crippen LogP) is 4.00. The number of benzene rings is 2. The Balaban J connectivity index is 2.19. The zero-order chi connectivity index (χ0) is 15.6. The first-order chi connectivity index (χ1) is 9.88. The molecule has 110 valence electrons. The molecule has 1 amide bonds. The molecule has 2 rings (SSSR count). The molecule has 0 spiro atoms. The number of halogens is 2. The van der Waals surface area contributed by atoms with Gasteiger partial charge in [0.25, 0.3) is 5.91 Å². The van der Waals surface area contributed by atoms with Gasteiger partial charge >= 0.3 is 0 Å². The fourth-order valence-corrected chi connectivity index (χ4v) is 2.43. The molecule has 0 aliphatic carbocycles. The molecule has 0 atom stereocenters. The van der Waals surface area contributed by atoms with Crippen molar-refractivity contribution in [2.45, 2.75) is 0 Å². The average molecular weight is 369 g/mol. The molecular formula is C15H15BrClN3O. The molecule has 0 fully saturated rings. The van der Waals surface area contributed by atoms with Crippen molar-refractivity contribution in [3.05, 3.63) is 51.5 Å². The van der Waals surface area contributed by atoms with E-state index in [-0.39, 0.29) is 5.91 Å². The van der Waals surface area contributed by atoms with Crippen LogP contribution >= 0.6 is 27.5 Å². The average Bonchev–Trinajstić information content (AvgIpc) is 2.41. The second-order valence-corrected chi connectivity index (χ2v) is 6.01. The first-order valence-corrected chi connectivity index (χ1v) is 7.39. The van der Waals surface area contributed by atoms with E-state index in [1.807, 2.05) is 25.1 Å². The molecule has 0 bridgehead atoms. The minimum Gasteiger partial charge on any atom is -0.398 e. The number of nitrogens with one attached hydrogen (secondary N) is 1. The normalized spacial score (nSPS) is 10.3. The molecule has 0 aliphatic rings. The summed E-state index contributed by atoms with van der Waals surface area (Å²) in [4.78, 5) is 14.1. The van der Waals surface area contributed by atoms with E-state index in [1.54, 1.807) is 30.3 Å². The zero-order valence-corrected chi connectivity index (χ0v) is 14.0. The Kier molecular flexibility index (Phi) is 4.75. The Labute approximate surface area is 137 Å². The second-order valence-electron chi connectivity index (χ2n) is 4.75. The highest BCUT2D eigenvalue weighted by Crippen LogP contribution is 2.28. The molecule has 0 radical (unpaired) electrons. The van der Waals surface area contributed by atoms with Crippen LogP contribution in [0.4, 0.5) is 17.1 Å². The molecular weight excluding hydrogens is 354 g/mol. The number of carbonyl (C=O) groups excluding carboxylic acids is 1. The summed E-state index contributed by atoms with van der Waals surface area (Å²) in [5.74, 6) is -0.233. The second kappa shape index (κ2) is 6.37. The molecule has 0 unspecified atom stereocenters. The number of rotatable bonds is 3. The largest absolute Gasteiger partial charge is 0.398 e. The summed E-state index contributed by atoms with van der Waals surface area (Å²) < 4.78 is 0.762. The summed E-state index contributed by atoms with van der Waals surface area (Å²) in [6, 6.07) is 10.4. The van der Waals surface area contributed by atoms with Gasteiger partial charge in [0.15, 0.2) is 0 Å². The van der Waals surface area contributed by atoms with Gasteiger partial charge in [-0.25, -0.2) is 0 Å². The summed E-state index contributed by atoms with van der Waals surface area (Å²) in [6.45, 7) is 0. The lowest BCUT2D eigenvalue weighted by atomic mass is 10.2. The van der Waals surface area contributed by atoms with E-state index < -0.39 is 0 Å². The number of carbonyl (C=O) groups is 1. The third-order valence-electron chi connectivity index (χ3n) is 2.95. The summed E-state index contributed by atoms with van der Waals surface area (Å²) in [7, 11) is 3.81. The van der Waals surface area contributed by atoms with Gasteiger partial charge in [0.05, 0.1) is 10.7 Å². The minimum atomic E-state index is -0.233. The van der Waals surface area contributed by atoms with E-state index in [0.29, 0.717) is 22.0 Å². The van der Waals surface area contributed by atoms with Crippen LogP contribution in [0.15, 0.2) is 40.9 Å². The summed E-state index contributed by atoms with van der Waals surface area (Å²) >= 11 is 9.48. The van der Waals surface area contributed by atoms with Crippen LogP contribution < -0.4 is 16.0 Å². The van der Waals surface area contributed by atoms with Crippen molar-refractivity contribution >= 4 is 50.5 Å². The smallest absolute Gasteiger partial charge is 0.255 e. The van der Waals surface area contributed by atoms with E-state index in [0.717, 1.165) is 10.2 Å². The molecule has 6 heteroatoms. The van der Waals surface area contributed by atoms with Crippen molar-refractivity contribution < 1.29 is 4.79 Å². The number of nitrogen functional groups attached to an aromatic ring is 1. The maximum atomic E-state index is 12.2. The number of hydrogen-bond acceptors (Lipinski definition) is 3. The van der Waals surface area contributed by atoms with E-state index >= 15 is 0 Å².